The number of nitrogens with zero attached hydrogens (tertiary/aromatic N) is 2. The number of hydrogen-bond acceptors (Lipinski definition) is 9. The summed E-state index contributed by atoms with van der Waals surface area (Å²) in [5.74, 6) is -2.73. The maximum Gasteiger partial charge on any atom is 0.249 e. The van der Waals surface area contributed by atoms with E-state index in [1.807, 2.05) is 0 Å². The lowest BCUT2D eigenvalue weighted by Gasteiger charge is -2.35. The zero-order chi connectivity index (χ0) is 31.5. The van der Waals surface area contributed by atoms with Crippen LogP contribution in [0.4, 0.5) is 20.3 Å². The molecule has 2 aromatic carbocycles. The van der Waals surface area contributed by atoms with E-state index in [4.69, 9.17) is 16.3 Å². The molecule has 4 rings (SSSR count). The van der Waals surface area contributed by atoms with Gasteiger partial charge < -0.3 is 26.0 Å². The highest BCUT2D eigenvalue weighted by Crippen LogP contribution is 2.36. The quantitative estimate of drug-likeness (QED) is 0.197. The summed E-state index contributed by atoms with van der Waals surface area (Å²) in [5.41, 5.74) is 0.0407. The molecule has 0 radical (unpaired) electrons. The number of aromatic nitrogens is 2. The monoisotopic (exact) mass is 653 g/mol. The molecule has 1 aliphatic rings. The van der Waals surface area contributed by atoms with Crippen LogP contribution in [0.5, 0.6) is 5.75 Å². The molecule has 238 valence electrons. The van der Waals surface area contributed by atoms with Crippen molar-refractivity contribution in [3.05, 3.63) is 52.8 Å². The molecule has 3 aromatic rings. The van der Waals surface area contributed by atoms with Crippen LogP contribution in [0.15, 0.2) is 30.6 Å². The Bertz CT molecular complexity index is 1560. The Morgan fingerprint density at radius 3 is 2.50 bits per heavy atom. The summed E-state index contributed by atoms with van der Waals surface area (Å²) < 4.78 is 34.0. The molecule has 3 amide bonds. The normalized spacial score (nSPS) is 15.8. The second-order valence-electron chi connectivity index (χ2n) is 11.0. The number of imide groups is 1. The molecule has 1 saturated heterocycles. The Morgan fingerprint density at radius 2 is 1.89 bits per heavy atom. The first-order chi connectivity index (χ1) is 20.4. The number of anilines is 2. The van der Waals surface area contributed by atoms with E-state index in [2.05, 4.69) is 36.6 Å². The van der Waals surface area contributed by atoms with Gasteiger partial charge in [0.1, 0.15) is 34.8 Å². The zero-order valence-corrected chi connectivity index (χ0v) is 26.4. The number of methoxy groups -OCH3 is 1. The van der Waals surface area contributed by atoms with Crippen LogP contribution in [0.1, 0.15) is 32.8 Å². The lowest BCUT2D eigenvalue weighted by Crippen LogP contribution is -2.61. The first-order valence-electron chi connectivity index (χ1n) is 13.6. The third kappa shape index (κ3) is 7.52. The number of likely N-dealkylation sites (N-methyl/N-ethyl adjacent to an activating group) is 1. The van der Waals surface area contributed by atoms with Gasteiger partial charge >= 0.3 is 0 Å². The standard InChI is InChI=1S/C29H34ClF2N7O4.ClH/c1-14(33-4)26(40)38-24(28(42)39-27(41)19-8-9-34-19)29(2,3)12-15-10-16-20(11-21(15)43-5)35-13-36-25(16)37-18-7-6-17(31)22(30)23(18)32;/h6-7,10-11,13-14,19,24,33-34H,8-9,12H2,1-5H3,(H,38,40)(H,35,36,37)(H,39,41,42);1H/t14-,19-,24+;/m0./s1. The smallest absolute Gasteiger partial charge is 0.249 e. The first kappa shape index (κ1) is 34.8. The van der Waals surface area contributed by atoms with Crippen LogP contribution in [0.2, 0.25) is 5.02 Å². The maximum absolute atomic E-state index is 14.7. The number of nitrogens with one attached hydrogen (secondary N) is 5. The summed E-state index contributed by atoms with van der Waals surface area (Å²) in [6.45, 7) is 5.90. The number of carbonyl (C=O) groups excluding carboxylic acids is 3. The van der Waals surface area contributed by atoms with Gasteiger partial charge in [-0.3, -0.25) is 19.7 Å². The number of ether oxygens (including phenoxy) is 1. The topological polar surface area (TPSA) is 146 Å². The summed E-state index contributed by atoms with van der Waals surface area (Å²) in [7, 11) is 3.11. The van der Waals surface area contributed by atoms with Gasteiger partial charge in [-0.2, -0.15) is 0 Å². The molecule has 11 nitrogen and oxygen atoms in total. The van der Waals surface area contributed by atoms with Crippen LogP contribution < -0.4 is 31.3 Å². The summed E-state index contributed by atoms with van der Waals surface area (Å²) >= 11 is 5.75. The van der Waals surface area contributed by atoms with Gasteiger partial charge in [-0.25, -0.2) is 18.7 Å². The Hall–Kier alpha value is -3.65. The van der Waals surface area contributed by atoms with Crippen LogP contribution in [0.3, 0.4) is 0 Å². The van der Waals surface area contributed by atoms with E-state index in [-0.39, 0.29) is 30.3 Å². The maximum atomic E-state index is 14.7. The lowest BCUT2D eigenvalue weighted by atomic mass is 9.77. The van der Waals surface area contributed by atoms with Crippen LogP contribution in [0.25, 0.3) is 10.9 Å². The molecule has 0 unspecified atom stereocenters. The van der Waals surface area contributed by atoms with Gasteiger partial charge in [-0.15, -0.1) is 12.4 Å². The molecule has 0 spiro atoms. The number of halogens is 4. The SMILES string of the molecule is CN[C@@H](C)C(=O)N[C@H](C(=O)NC(=O)[C@@H]1CCN1)C(C)(C)Cc1cc2c(Nc3ccc(F)c(Cl)c3F)ncnc2cc1OC.Cl. The van der Waals surface area contributed by atoms with Gasteiger partial charge in [0.25, 0.3) is 0 Å². The second-order valence-corrected chi connectivity index (χ2v) is 11.4. The lowest BCUT2D eigenvalue weighted by molar-refractivity contribution is -0.138. The van der Waals surface area contributed by atoms with E-state index in [0.29, 0.717) is 35.2 Å². The predicted octanol–water partition coefficient (Wildman–Crippen LogP) is 3.40. The van der Waals surface area contributed by atoms with E-state index < -0.39 is 57.9 Å². The van der Waals surface area contributed by atoms with E-state index in [1.54, 1.807) is 40.0 Å². The zero-order valence-electron chi connectivity index (χ0n) is 24.8. The average molecular weight is 655 g/mol. The van der Waals surface area contributed by atoms with Crippen molar-refractivity contribution in [1.82, 2.24) is 31.2 Å². The van der Waals surface area contributed by atoms with Crippen molar-refractivity contribution in [2.24, 2.45) is 5.41 Å². The molecule has 2 heterocycles. The minimum Gasteiger partial charge on any atom is -0.496 e. The number of amides is 3. The van der Waals surface area contributed by atoms with E-state index >= 15 is 0 Å². The van der Waals surface area contributed by atoms with Crippen LogP contribution >= 0.6 is 24.0 Å². The number of rotatable bonds is 11. The number of benzene rings is 2. The Balaban J connectivity index is 0.00000529. The second kappa shape index (κ2) is 14.4. The van der Waals surface area contributed by atoms with Crippen molar-refractivity contribution >= 4 is 64.1 Å². The number of fused-ring (bicyclic) bond motifs is 1. The highest BCUT2D eigenvalue weighted by atomic mass is 35.5. The van der Waals surface area contributed by atoms with Gasteiger partial charge in [-0.05, 0) is 62.5 Å². The van der Waals surface area contributed by atoms with Crippen LogP contribution in [-0.4, -0.2) is 66.5 Å². The summed E-state index contributed by atoms with van der Waals surface area (Å²) in [4.78, 5) is 47.5. The van der Waals surface area contributed by atoms with Gasteiger partial charge in [0.2, 0.25) is 17.7 Å². The molecule has 1 aromatic heterocycles. The fraction of sp³-hybridized carbons (Fsp3) is 0.414. The van der Waals surface area contributed by atoms with Gasteiger partial charge in [0.05, 0.1) is 30.4 Å². The van der Waals surface area contributed by atoms with Crippen molar-refractivity contribution in [2.45, 2.75) is 51.7 Å². The third-order valence-corrected chi connectivity index (χ3v) is 7.86. The fourth-order valence-electron chi connectivity index (χ4n) is 4.71. The van der Waals surface area contributed by atoms with Crippen LogP contribution in [0, 0.1) is 17.0 Å². The van der Waals surface area contributed by atoms with E-state index in [9.17, 15) is 23.2 Å². The van der Waals surface area contributed by atoms with Gasteiger partial charge in [0.15, 0.2) is 5.82 Å². The third-order valence-electron chi connectivity index (χ3n) is 7.52. The summed E-state index contributed by atoms with van der Waals surface area (Å²) in [5, 5.41) is 13.7. The van der Waals surface area contributed by atoms with E-state index in [0.717, 1.165) is 6.07 Å². The van der Waals surface area contributed by atoms with Crippen molar-refractivity contribution in [3.63, 3.8) is 0 Å². The Kier molecular flexibility index (Phi) is 11.4. The van der Waals surface area contributed by atoms with Crippen LogP contribution in [-0.2, 0) is 20.8 Å². The summed E-state index contributed by atoms with van der Waals surface area (Å²) in [6.07, 6.45) is 2.08. The highest BCUT2D eigenvalue weighted by molar-refractivity contribution is 6.31. The molecular formula is C29H35Cl2F2N7O4. The molecular weight excluding hydrogens is 619 g/mol. The summed E-state index contributed by atoms with van der Waals surface area (Å²) in [6, 6.07) is 3.47. The molecule has 3 atom stereocenters. The molecule has 0 saturated carbocycles. The molecule has 1 fully saturated rings. The van der Waals surface area contributed by atoms with Crippen molar-refractivity contribution in [1.29, 1.82) is 0 Å². The molecule has 44 heavy (non-hydrogen) atoms. The van der Waals surface area contributed by atoms with E-state index in [1.165, 1.54) is 19.5 Å². The molecule has 15 heteroatoms. The van der Waals surface area contributed by atoms with Crippen molar-refractivity contribution < 1.29 is 27.9 Å². The highest BCUT2D eigenvalue weighted by Gasteiger charge is 2.40. The predicted molar refractivity (Wildman–Crippen MR) is 165 cm³/mol. The molecule has 5 N–H and O–H groups in total. The number of carbonyl (C=O) groups is 3. The minimum atomic E-state index is -1.11. The van der Waals surface area contributed by atoms with Crippen molar-refractivity contribution in [2.75, 3.05) is 26.0 Å². The first-order valence-corrected chi connectivity index (χ1v) is 14.0. The minimum absolute atomic E-state index is 0. The van der Waals surface area contributed by atoms with Crippen molar-refractivity contribution in [3.8, 4) is 5.75 Å². The largest absolute Gasteiger partial charge is 0.496 e. The van der Waals surface area contributed by atoms with Gasteiger partial charge in [-0.1, -0.05) is 25.4 Å². The van der Waals surface area contributed by atoms with Gasteiger partial charge in [0, 0.05) is 11.5 Å². The fourth-order valence-corrected chi connectivity index (χ4v) is 4.87. The molecule has 0 aliphatic carbocycles. The number of hydrogen-bond donors (Lipinski definition) is 5. The Morgan fingerprint density at radius 1 is 1.18 bits per heavy atom. The Labute approximate surface area is 264 Å². The average Bonchev–Trinajstić information content (AvgIpc) is 2.94. The molecule has 0 bridgehead atoms. The molecule has 1 aliphatic heterocycles.